The van der Waals surface area contributed by atoms with Gasteiger partial charge in [-0.2, -0.15) is 13.1 Å². The van der Waals surface area contributed by atoms with Crippen LogP contribution < -0.4 is 5.26 Å². The summed E-state index contributed by atoms with van der Waals surface area (Å²) in [6.45, 7) is 3.51. The van der Waals surface area contributed by atoms with Gasteiger partial charge in [0.2, 0.25) is 0 Å². The first-order valence-corrected chi connectivity index (χ1v) is 9.17. The van der Waals surface area contributed by atoms with Crippen molar-refractivity contribution in [3.63, 3.8) is 0 Å². The first kappa shape index (κ1) is 19.3. The zero-order chi connectivity index (χ0) is 18.5. The molecule has 1 N–H and O–H groups in total. The lowest BCUT2D eigenvalue weighted by Crippen LogP contribution is -2.60. The van der Waals surface area contributed by atoms with Gasteiger partial charge in [0, 0.05) is 5.41 Å². The van der Waals surface area contributed by atoms with E-state index < -0.39 is 28.9 Å². The lowest BCUT2D eigenvalue weighted by molar-refractivity contribution is -0.777. The Bertz CT molecular complexity index is 521. The van der Waals surface area contributed by atoms with E-state index in [1.807, 2.05) is 13.8 Å². The molecule has 4 aliphatic carbocycles. The molecule has 0 spiro atoms. The predicted molar refractivity (Wildman–Crippen MR) is 81.5 cm³/mol. The molecule has 4 saturated carbocycles. The van der Waals surface area contributed by atoms with Crippen LogP contribution in [-0.4, -0.2) is 28.5 Å². The standard InChI is InChI=1S/C16H24F2O6S/c1-13(2,20)15-6-10-3-11(7-15)5-14(4-10,8-15)9-22-12(19)16(17,18)25-24-23-21/h10-11,20-21H,3-9H2,1-2H3/p-1. The van der Waals surface area contributed by atoms with Crippen LogP contribution in [0.1, 0.15) is 52.4 Å². The monoisotopic (exact) mass is 381 g/mol. The highest BCUT2D eigenvalue weighted by Crippen LogP contribution is 2.68. The highest BCUT2D eigenvalue weighted by atomic mass is 32.2. The van der Waals surface area contributed by atoms with Crippen LogP contribution in [0.25, 0.3) is 0 Å². The maximum Gasteiger partial charge on any atom is 0.415 e. The fourth-order valence-electron chi connectivity index (χ4n) is 5.73. The molecule has 4 fully saturated rings. The van der Waals surface area contributed by atoms with E-state index in [0.29, 0.717) is 18.3 Å². The van der Waals surface area contributed by atoms with Crippen LogP contribution in [0.2, 0.25) is 0 Å². The van der Waals surface area contributed by atoms with E-state index in [1.165, 1.54) is 0 Å². The number of halogens is 2. The van der Waals surface area contributed by atoms with Crippen LogP contribution in [0.4, 0.5) is 8.78 Å². The topological polar surface area (TPSA) is 88.1 Å². The second kappa shape index (κ2) is 6.30. The zero-order valence-electron chi connectivity index (χ0n) is 14.3. The number of ether oxygens (including phenoxy) is 1. The van der Waals surface area contributed by atoms with Crippen molar-refractivity contribution < 1.29 is 38.0 Å². The third kappa shape index (κ3) is 3.53. The van der Waals surface area contributed by atoms with Gasteiger partial charge in [0.1, 0.15) is 12.0 Å². The molecule has 0 amide bonds. The molecule has 0 heterocycles. The number of esters is 1. The second-order valence-electron chi connectivity index (χ2n) is 8.61. The van der Waals surface area contributed by atoms with Gasteiger partial charge in [-0.3, -0.25) is 5.04 Å². The number of aliphatic hydroxyl groups is 1. The molecule has 144 valence electrons. The van der Waals surface area contributed by atoms with Crippen LogP contribution in [-0.2, 0) is 18.9 Å². The van der Waals surface area contributed by atoms with Crippen molar-refractivity contribution in [1.82, 2.24) is 0 Å². The maximum absolute atomic E-state index is 13.5. The Morgan fingerprint density at radius 2 is 1.88 bits per heavy atom. The molecule has 25 heavy (non-hydrogen) atoms. The molecule has 4 aliphatic rings. The van der Waals surface area contributed by atoms with E-state index in [0.717, 1.165) is 32.1 Å². The van der Waals surface area contributed by atoms with Crippen molar-refractivity contribution in [2.45, 2.75) is 63.2 Å². The van der Waals surface area contributed by atoms with Gasteiger partial charge in [-0.1, -0.05) is 0 Å². The minimum atomic E-state index is -4.01. The third-order valence-corrected chi connectivity index (χ3v) is 6.89. The number of carbonyl (C=O) groups excluding carboxylic acids is 1. The minimum Gasteiger partial charge on any atom is -0.691 e. The van der Waals surface area contributed by atoms with Crippen molar-refractivity contribution in [2.75, 3.05) is 6.61 Å². The van der Waals surface area contributed by atoms with Crippen LogP contribution in [0.5, 0.6) is 0 Å². The highest BCUT2D eigenvalue weighted by Gasteiger charge is 2.62. The zero-order valence-corrected chi connectivity index (χ0v) is 15.1. The quantitative estimate of drug-likeness (QED) is 0.313. The molecule has 4 bridgehead atoms. The molecular weight excluding hydrogens is 358 g/mol. The van der Waals surface area contributed by atoms with E-state index in [1.54, 1.807) is 0 Å². The number of carbonyl (C=O) groups is 1. The lowest BCUT2D eigenvalue weighted by Gasteiger charge is -2.65. The van der Waals surface area contributed by atoms with E-state index >= 15 is 0 Å². The number of hydrogen-bond donors (Lipinski definition) is 1. The average Bonchev–Trinajstić information content (AvgIpc) is 2.48. The lowest BCUT2D eigenvalue weighted by atomic mass is 9.41. The molecule has 4 rings (SSSR count). The van der Waals surface area contributed by atoms with Crippen LogP contribution in [0.15, 0.2) is 0 Å². The summed E-state index contributed by atoms with van der Waals surface area (Å²) in [7, 11) is 0. The summed E-state index contributed by atoms with van der Waals surface area (Å²) >= 11 is -0.675. The Morgan fingerprint density at radius 3 is 2.40 bits per heavy atom. The minimum absolute atomic E-state index is 0.106. The Kier molecular flexibility index (Phi) is 4.86. The van der Waals surface area contributed by atoms with Gasteiger partial charge in [0.25, 0.3) is 0 Å². The Labute approximate surface area is 149 Å². The summed E-state index contributed by atoms with van der Waals surface area (Å²) in [5.74, 6) is -0.889. The Morgan fingerprint density at radius 1 is 1.28 bits per heavy atom. The summed E-state index contributed by atoms with van der Waals surface area (Å²) in [6.07, 6.45) is 5.28. The Balaban J connectivity index is 1.69. The average molecular weight is 381 g/mol. The molecular formula is C16H23F2O6S-. The van der Waals surface area contributed by atoms with Gasteiger partial charge in [0.05, 0.1) is 12.2 Å². The van der Waals surface area contributed by atoms with Gasteiger partial charge in [-0.05, 0) is 69.6 Å². The van der Waals surface area contributed by atoms with E-state index in [2.05, 4.69) is 9.37 Å². The molecule has 0 aromatic rings. The van der Waals surface area contributed by atoms with Crippen LogP contribution in [0, 0.1) is 22.7 Å². The normalized spacial score (nSPS) is 37.4. The number of hydrogen-bond acceptors (Lipinski definition) is 7. The molecule has 6 nitrogen and oxygen atoms in total. The summed E-state index contributed by atoms with van der Waals surface area (Å²) in [4.78, 5) is 11.7. The van der Waals surface area contributed by atoms with Gasteiger partial charge in [-0.25, -0.2) is 4.79 Å². The van der Waals surface area contributed by atoms with Crippen LogP contribution >= 0.6 is 12.0 Å². The molecule has 0 aromatic carbocycles. The summed E-state index contributed by atoms with van der Waals surface area (Å²) in [5, 5.41) is 19.2. The van der Waals surface area contributed by atoms with Gasteiger partial charge < -0.3 is 15.1 Å². The maximum atomic E-state index is 13.5. The number of rotatable bonds is 7. The second-order valence-corrected chi connectivity index (χ2v) is 9.43. The molecule has 2 unspecified atom stereocenters. The van der Waals surface area contributed by atoms with Crippen molar-refractivity contribution in [1.29, 1.82) is 0 Å². The largest absolute Gasteiger partial charge is 0.691 e. The fourth-order valence-corrected chi connectivity index (χ4v) is 5.97. The predicted octanol–water partition coefficient (Wildman–Crippen LogP) is 2.35. The molecule has 2 atom stereocenters. The smallest absolute Gasteiger partial charge is 0.415 e. The molecule has 0 radical (unpaired) electrons. The van der Waals surface area contributed by atoms with Crippen LogP contribution in [0.3, 0.4) is 0 Å². The summed E-state index contributed by atoms with van der Waals surface area (Å²) < 4.78 is 35.5. The fraction of sp³-hybridized carbons (Fsp3) is 0.938. The van der Waals surface area contributed by atoms with Gasteiger partial charge in [0.15, 0.2) is 0 Å². The molecule has 9 heteroatoms. The first-order chi connectivity index (χ1) is 11.5. The SMILES string of the molecule is CC(C)(O)C12CC3CC(CC(COC(=O)C(F)(F)SOO[O-])(C3)C1)C2. The summed E-state index contributed by atoms with van der Waals surface area (Å²) in [6, 6.07) is 0. The molecule has 0 aliphatic heterocycles. The highest BCUT2D eigenvalue weighted by molar-refractivity contribution is 7.96. The van der Waals surface area contributed by atoms with Gasteiger partial charge in [-0.15, -0.1) is 0 Å². The van der Waals surface area contributed by atoms with E-state index in [9.17, 15) is 23.9 Å². The van der Waals surface area contributed by atoms with Gasteiger partial charge >= 0.3 is 11.2 Å². The van der Waals surface area contributed by atoms with Crippen molar-refractivity contribution >= 4 is 18.0 Å². The molecule has 0 aromatic heterocycles. The summed E-state index contributed by atoms with van der Waals surface area (Å²) in [5.41, 5.74) is -1.48. The van der Waals surface area contributed by atoms with E-state index in [4.69, 9.17) is 4.74 Å². The first-order valence-electron chi connectivity index (χ1n) is 8.43. The van der Waals surface area contributed by atoms with E-state index in [-0.39, 0.29) is 17.4 Å². The molecule has 0 saturated heterocycles. The van der Waals surface area contributed by atoms with Crippen molar-refractivity contribution in [3.05, 3.63) is 0 Å². The number of alkyl halides is 2. The third-order valence-electron chi connectivity index (χ3n) is 6.39. The van der Waals surface area contributed by atoms with Crippen molar-refractivity contribution in [2.24, 2.45) is 22.7 Å². The Hall–Kier alpha value is -0.480. The van der Waals surface area contributed by atoms with Crippen molar-refractivity contribution in [3.8, 4) is 0 Å².